The second kappa shape index (κ2) is 6.86. The van der Waals surface area contributed by atoms with Gasteiger partial charge in [0.25, 0.3) is 0 Å². The third-order valence-corrected chi connectivity index (χ3v) is 3.06. The van der Waals surface area contributed by atoms with Crippen LogP contribution >= 0.6 is 27.5 Å². The average molecular weight is 309 g/mol. The molecule has 0 saturated heterocycles. The molecule has 1 aromatic rings. The van der Waals surface area contributed by atoms with Crippen molar-refractivity contribution >= 4 is 33.4 Å². The monoisotopic (exact) mass is 307 g/mol. The second-order valence-corrected chi connectivity index (χ2v) is 4.54. The summed E-state index contributed by atoms with van der Waals surface area (Å²) in [5, 5.41) is 2.71. The molecule has 0 fully saturated rings. The van der Waals surface area contributed by atoms with Gasteiger partial charge in [-0.2, -0.15) is 0 Å². The van der Waals surface area contributed by atoms with Crippen LogP contribution in [-0.2, 0) is 11.3 Å². The third kappa shape index (κ3) is 4.49. The van der Waals surface area contributed by atoms with E-state index in [9.17, 15) is 9.18 Å². The Balaban J connectivity index is 2.47. The molecule has 0 aliphatic rings. The average Bonchev–Trinajstić information content (AvgIpc) is 2.27. The Hall–Kier alpha value is -0.610. The van der Waals surface area contributed by atoms with E-state index in [0.29, 0.717) is 25.3 Å². The Morgan fingerprint density at radius 2 is 2.25 bits per heavy atom. The minimum Gasteiger partial charge on any atom is -0.352 e. The molecule has 1 amide bonds. The Morgan fingerprint density at radius 3 is 2.94 bits per heavy atom. The molecule has 5 heteroatoms. The normalized spacial score (nSPS) is 10.2. The zero-order chi connectivity index (χ0) is 12.0. The summed E-state index contributed by atoms with van der Waals surface area (Å²) >= 11 is 8.77. The molecule has 0 aliphatic carbocycles. The summed E-state index contributed by atoms with van der Waals surface area (Å²) in [6.45, 7) is 0.319. The number of halogens is 3. The minimum absolute atomic E-state index is 0.0724. The quantitative estimate of drug-likeness (QED) is 0.831. The molecular weight excluding hydrogens is 296 g/mol. The molecule has 0 radical (unpaired) electrons. The maximum absolute atomic E-state index is 12.9. The van der Waals surface area contributed by atoms with Crippen LogP contribution in [0.5, 0.6) is 0 Å². The summed E-state index contributed by atoms with van der Waals surface area (Å²) in [5.74, 6) is 0.0851. The van der Waals surface area contributed by atoms with Gasteiger partial charge in [0.1, 0.15) is 5.82 Å². The van der Waals surface area contributed by atoms with E-state index in [0.717, 1.165) is 10.0 Å². The van der Waals surface area contributed by atoms with Gasteiger partial charge in [-0.3, -0.25) is 4.79 Å². The number of alkyl halides is 1. The Morgan fingerprint density at radius 1 is 1.50 bits per heavy atom. The van der Waals surface area contributed by atoms with Gasteiger partial charge in [-0.25, -0.2) is 4.39 Å². The molecular formula is C11H12BrClFNO. The number of hydrogen-bond acceptors (Lipinski definition) is 1. The highest BCUT2D eigenvalue weighted by atomic mass is 79.9. The predicted molar refractivity (Wildman–Crippen MR) is 65.9 cm³/mol. The highest BCUT2D eigenvalue weighted by molar-refractivity contribution is 9.10. The number of nitrogens with one attached hydrogen (secondary N) is 1. The number of amides is 1. The number of benzene rings is 1. The first kappa shape index (κ1) is 13.5. The molecule has 88 valence electrons. The lowest BCUT2D eigenvalue weighted by Gasteiger charge is -2.06. The molecule has 1 N–H and O–H groups in total. The van der Waals surface area contributed by atoms with E-state index in [-0.39, 0.29) is 11.7 Å². The van der Waals surface area contributed by atoms with Crippen LogP contribution in [0.1, 0.15) is 18.4 Å². The zero-order valence-electron chi connectivity index (χ0n) is 8.60. The molecule has 1 aromatic carbocycles. The van der Waals surface area contributed by atoms with E-state index < -0.39 is 0 Å². The summed E-state index contributed by atoms with van der Waals surface area (Å²) in [7, 11) is 0. The number of rotatable bonds is 5. The first-order valence-electron chi connectivity index (χ1n) is 4.90. The van der Waals surface area contributed by atoms with Crippen LogP contribution in [0.4, 0.5) is 4.39 Å². The standard InChI is InChI=1S/C11H12BrClFNO/c12-10-4-3-9(14)6-8(10)7-15-11(16)2-1-5-13/h3-4,6H,1-2,5,7H2,(H,15,16). The fourth-order valence-electron chi connectivity index (χ4n) is 1.19. The van der Waals surface area contributed by atoms with Gasteiger partial charge in [0.2, 0.25) is 5.91 Å². The van der Waals surface area contributed by atoms with Crippen LogP contribution in [0.2, 0.25) is 0 Å². The van der Waals surface area contributed by atoms with Gasteiger partial charge >= 0.3 is 0 Å². The molecule has 0 atom stereocenters. The van der Waals surface area contributed by atoms with Crippen LogP contribution in [0.3, 0.4) is 0 Å². The van der Waals surface area contributed by atoms with Gasteiger partial charge in [0.15, 0.2) is 0 Å². The molecule has 0 heterocycles. The van der Waals surface area contributed by atoms with Crippen molar-refractivity contribution in [3.8, 4) is 0 Å². The molecule has 16 heavy (non-hydrogen) atoms. The summed E-state index contributed by atoms with van der Waals surface area (Å²) in [4.78, 5) is 11.3. The molecule has 0 spiro atoms. The summed E-state index contributed by atoms with van der Waals surface area (Å²) in [5.41, 5.74) is 0.722. The van der Waals surface area contributed by atoms with E-state index in [1.54, 1.807) is 6.07 Å². The molecule has 0 bridgehead atoms. The SMILES string of the molecule is O=C(CCCCl)NCc1cc(F)ccc1Br. The number of hydrogen-bond donors (Lipinski definition) is 1. The van der Waals surface area contributed by atoms with E-state index >= 15 is 0 Å². The maximum Gasteiger partial charge on any atom is 0.220 e. The fourth-order valence-corrected chi connectivity index (χ4v) is 1.71. The van der Waals surface area contributed by atoms with E-state index in [4.69, 9.17) is 11.6 Å². The topological polar surface area (TPSA) is 29.1 Å². The van der Waals surface area contributed by atoms with Crippen molar-refractivity contribution in [2.75, 3.05) is 5.88 Å². The van der Waals surface area contributed by atoms with Crippen molar-refractivity contribution in [1.82, 2.24) is 5.32 Å². The van der Waals surface area contributed by atoms with E-state index in [1.165, 1.54) is 12.1 Å². The summed E-state index contributed by atoms with van der Waals surface area (Å²) in [6.07, 6.45) is 1.05. The summed E-state index contributed by atoms with van der Waals surface area (Å²) in [6, 6.07) is 4.38. The lowest BCUT2D eigenvalue weighted by molar-refractivity contribution is -0.121. The van der Waals surface area contributed by atoms with Crippen molar-refractivity contribution in [3.05, 3.63) is 34.1 Å². The number of carbonyl (C=O) groups excluding carboxylic acids is 1. The first-order valence-corrected chi connectivity index (χ1v) is 6.23. The first-order chi connectivity index (χ1) is 7.63. The minimum atomic E-state index is -0.312. The van der Waals surface area contributed by atoms with E-state index in [1.807, 2.05) is 0 Å². The van der Waals surface area contributed by atoms with Gasteiger partial charge in [-0.1, -0.05) is 15.9 Å². The molecule has 1 rings (SSSR count). The van der Waals surface area contributed by atoms with Gasteiger partial charge in [0.05, 0.1) is 0 Å². The maximum atomic E-state index is 12.9. The molecule has 0 unspecified atom stereocenters. The largest absolute Gasteiger partial charge is 0.352 e. The third-order valence-electron chi connectivity index (χ3n) is 2.02. The Labute approximate surface area is 107 Å². The van der Waals surface area contributed by atoms with Crippen molar-refractivity contribution in [2.45, 2.75) is 19.4 Å². The Kier molecular flexibility index (Phi) is 5.77. The van der Waals surface area contributed by atoms with Crippen molar-refractivity contribution in [2.24, 2.45) is 0 Å². The molecule has 0 aliphatic heterocycles. The molecule has 0 aromatic heterocycles. The smallest absolute Gasteiger partial charge is 0.220 e. The lowest BCUT2D eigenvalue weighted by atomic mass is 10.2. The molecule has 0 saturated carbocycles. The second-order valence-electron chi connectivity index (χ2n) is 3.30. The van der Waals surface area contributed by atoms with Crippen LogP contribution < -0.4 is 5.32 Å². The summed E-state index contributed by atoms with van der Waals surface area (Å²) < 4.78 is 13.7. The van der Waals surface area contributed by atoms with Crippen LogP contribution in [0, 0.1) is 5.82 Å². The van der Waals surface area contributed by atoms with Crippen molar-refractivity contribution in [1.29, 1.82) is 0 Å². The van der Waals surface area contributed by atoms with Crippen LogP contribution in [0.15, 0.2) is 22.7 Å². The Bertz CT molecular complexity index is 373. The van der Waals surface area contributed by atoms with Gasteiger partial charge in [0, 0.05) is 23.3 Å². The highest BCUT2D eigenvalue weighted by Gasteiger charge is 2.04. The fraction of sp³-hybridized carbons (Fsp3) is 0.364. The van der Waals surface area contributed by atoms with E-state index in [2.05, 4.69) is 21.2 Å². The van der Waals surface area contributed by atoms with Gasteiger partial charge in [-0.15, -0.1) is 11.6 Å². The van der Waals surface area contributed by atoms with Gasteiger partial charge in [-0.05, 0) is 30.2 Å². The lowest BCUT2D eigenvalue weighted by Crippen LogP contribution is -2.22. The van der Waals surface area contributed by atoms with Crippen molar-refractivity contribution in [3.63, 3.8) is 0 Å². The van der Waals surface area contributed by atoms with Gasteiger partial charge < -0.3 is 5.32 Å². The zero-order valence-corrected chi connectivity index (χ0v) is 10.9. The van der Waals surface area contributed by atoms with Crippen LogP contribution in [-0.4, -0.2) is 11.8 Å². The highest BCUT2D eigenvalue weighted by Crippen LogP contribution is 2.17. The molecule has 2 nitrogen and oxygen atoms in total. The van der Waals surface area contributed by atoms with Crippen LogP contribution in [0.25, 0.3) is 0 Å². The van der Waals surface area contributed by atoms with Crippen molar-refractivity contribution < 1.29 is 9.18 Å². The number of carbonyl (C=O) groups is 1. The predicted octanol–water partition coefficient (Wildman–Crippen LogP) is 3.22.